The fourth-order valence-corrected chi connectivity index (χ4v) is 3.65. The molecule has 108 valence electrons. The van der Waals surface area contributed by atoms with Crippen LogP contribution in [-0.4, -0.2) is 23.0 Å². The van der Waals surface area contributed by atoms with Crippen LogP contribution in [0.2, 0.25) is 0 Å². The Bertz CT molecular complexity index is 336. The topological polar surface area (TPSA) is 66.4 Å². The third-order valence-corrected chi connectivity index (χ3v) is 4.90. The smallest absolute Gasteiger partial charge is 0.307 e. The molecule has 0 unspecified atom stereocenters. The standard InChI is InChI=1S/C15H25NO3/c1-10(11-6-3-2-4-7-11)16-14(17)12-8-5-9-13(12)15(18)19/h10-13H,2-9H2,1H3,(H,16,17)(H,18,19)/t10-,12+,13-/m0/s1. The lowest BCUT2D eigenvalue weighted by atomic mass is 9.84. The molecular weight excluding hydrogens is 242 g/mol. The lowest BCUT2D eigenvalue weighted by molar-refractivity contribution is -0.146. The zero-order chi connectivity index (χ0) is 13.8. The van der Waals surface area contributed by atoms with E-state index >= 15 is 0 Å². The fraction of sp³-hybridized carbons (Fsp3) is 0.867. The first-order chi connectivity index (χ1) is 9.09. The third kappa shape index (κ3) is 3.48. The average molecular weight is 267 g/mol. The van der Waals surface area contributed by atoms with E-state index in [-0.39, 0.29) is 17.9 Å². The molecule has 2 aliphatic rings. The third-order valence-electron chi connectivity index (χ3n) is 4.90. The van der Waals surface area contributed by atoms with Gasteiger partial charge in [0.1, 0.15) is 0 Å². The highest BCUT2D eigenvalue weighted by Crippen LogP contribution is 2.33. The summed E-state index contributed by atoms with van der Waals surface area (Å²) in [6.45, 7) is 2.07. The number of carbonyl (C=O) groups excluding carboxylic acids is 1. The number of aliphatic carboxylic acids is 1. The summed E-state index contributed by atoms with van der Waals surface area (Å²) >= 11 is 0. The van der Waals surface area contributed by atoms with Crippen molar-refractivity contribution in [2.45, 2.75) is 64.3 Å². The number of hydrogen-bond donors (Lipinski definition) is 2. The van der Waals surface area contributed by atoms with Gasteiger partial charge >= 0.3 is 5.97 Å². The summed E-state index contributed by atoms with van der Waals surface area (Å²) in [6.07, 6.45) is 8.42. The van der Waals surface area contributed by atoms with Gasteiger partial charge in [-0.25, -0.2) is 0 Å². The SMILES string of the molecule is C[C@H](NC(=O)[C@@H]1CCC[C@@H]1C(=O)O)C1CCCCC1. The first-order valence-electron chi connectivity index (χ1n) is 7.62. The summed E-state index contributed by atoms with van der Waals surface area (Å²) in [5, 5.41) is 12.2. The molecule has 2 fully saturated rings. The molecule has 2 aliphatic carbocycles. The molecule has 0 aromatic carbocycles. The maximum absolute atomic E-state index is 12.2. The fourth-order valence-electron chi connectivity index (χ4n) is 3.65. The average Bonchev–Trinajstić information content (AvgIpc) is 2.89. The molecule has 4 heteroatoms. The van der Waals surface area contributed by atoms with Crippen LogP contribution in [0.4, 0.5) is 0 Å². The summed E-state index contributed by atoms with van der Waals surface area (Å²) in [5.74, 6) is -1.07. The number of hydrogen-bond acceptors (Lipinski definition) is 2. The normalized spacial score (nSPS) is 29.9. The van der Waals surface area contributed by atoms with E-state index in [0.717, 1.165) is 12.8 Å². The van der Waals surface area contributed by atoms with E-state index in [2.05, 4.69) is 12.2 Å². The van der Waals surface area contributed by atoms with E-state index in [1.165, 1.54) is 32.1 Å². The second kappa shape index (κ2) is 6.40. The molecule has 0 spiro atoms. The minimum atomic E-state index is -0.817. The quantitative estimate of drug-likeness (QED) is 0.822. The van der Waals surface area contributed by atoms with Crippen molar-refractivity contribution in [1.82, 2.24) is 5.32 Å². The molecule has 2 N–H and O–H groups in total. The lowest BCUT2D eigenvalue weighted by Crippen LogP contribution is -2.43. The number of rotatable bonds is 4. The number of nitrogens with one attached hydrogen (secondary N) is 1. The minimum absolute atomic E-state index is 0.0389. The van der Waals surface area contributed by atoms with Crippen LogP contribution in [0.1, 0.15) is 58.3 Å². The van der Waals surface area contributed by atoms with Gasteiger partial charge in [-0.1, -0.05) is 25.7 Å². The van der Waals surface area contributed by atoms with Crippen LogP contribution < -0.4 is 5.32 Å². The molecule has 0 bridgehead atoms. The molecule has 0 saturated heterocycles. The van der Waals surface area contributed by atoms with Gasteiger partial charge < -0.3 is 10.4 Å². The molecule has 0 radical (unpaired) electrons. The van der Waals surface area contributed by atoms with Crippen LogP contribution in [0.3, 0.4) is 0 Å². The Labute approximate surface area is 115 Å². The highest BCUT2D eigenvalue weighted by Gasteiger charge is 2.38. The Balaban J connectivity index is 1.87. The van der Waals surface area contributed by atoms with E-state index in [1.807, 2.05) is 0 Å². The molecule has 3 atom stereocenters. The van der Waals surface area contributed by atoms with Crippen molar-refractivity contribution < 1.29 is 14.7 Å². The van der Waals surface area contributed by atoms with Gasteiger partial charge in [0, 0.05) is 6.04 Å². The zero-order valence-electron chi connectivity index (χ0n) is 11.7. The summed E-state index contributed by atoms with van der Waals surface area (Å²) in [6, 6.07) is 0.183. The Kier molecular flexibility index (Phi) is 4.83. The Hall–Kier alpha value is -1.06. The summed E-state index contributed by atoms with van der Waals surface area (Å²) in [5.41, 5.74) is 0. The van der Waals surface area contributed by atoms with Gasteiger partial charge in [0.05, 0.1) is 11.8 Å². The molecular formula is C15H25NO3. The first kappa shape index (κ1) is 14.4. The second-order valence-electron chi connectivity index (χ2n) is 6.18. The largest absolute Gasteiger partial charge is 0.481 e. The number of carboxylic acids is 1. The monoisotopic (exact) mass is 267 g/mol. The zero-order valence-corrected chi connectivity index (χ0v) is 11.7. The van der Waals surface area contributed by atoms with Gasteiger partial charge in [-0.15, -0.1) is 0 Å². The van der Waals surface area contributed by atoms with Crippen LogP contribution in [0.15, 0.2) is 0 Å². The predicted octanol–water partition coefficient (Wildman–Crippen LogP) is 2.57. The van der Waals surface area contributed by atoms with Gasteiger partial charge in [-0.2, -0.15) is 0 Å². The van der Waals surface area contributed by atoms with E-state index in [9.17, 15) is 9.59 Å². The molecule has 0 aromatic rings. The van der Waals surface area contributed by atoms with Crippen LogP contribution in [-0.2, 0) is 9.59 Å². The van der Waals surface area contributed by atoms with Crippen molar-refractivity contribution in [3.05, 3.63) is 0 Å². The van der Waals surface area contributed by atoms with Gasteiger partial charge in [0.15, 0.2) is 0 Å². The summed E-state index contributed by atoms with van der Waals surface area (Å²) in [7, 11) is 0. The van der Waals surface area contributed by atoms with Gasteiger partial charge in [-0.05, 0) is 38.5 Å². The number of amides is 1. The van der Waals surface area contributed by atoms with Crippen molar-refractivity contribution in [1.29, 1.82) is 0 Å². The lowest BCUT2D eigenvalue weighted by Gasteiger charge is -2.29. The van der Waals surface area contributed by atoms with E-state index < -0.39 is 11.9 Å². The molecule has 2 saturated carbocycles. The minimum Gasteiger partial charge on any atom is -0.481 e. The highest BCUT2D eigenvalue weighted by molar-refractivity contribution is 5.85. The molecule has 19 heavy (non-hydrogen) atoms. The number of carboxylic acid groups (broad SMARTS) is 1. The van der Waals surface area contributed by atoms with Crippen LogP contribution in [0.5, 0.6) is 0 Å². The predicted molar refractivity (Wildman–Crippen MR) is 72.6 cm³/mol. The van der Waals surface area contributed by atoms with Gasteiger partial charge in [0.2, 0.25) is 5.91 Å². The van der Waals surface area contributed by atoms with Gasteiger partial charge in [0.25, 0.3) is 0 Å². The molecule has 2 rings (SSSR count). The van der Waals surface area contributed by atoms with Crippen molar-refractivity contribution in [3.63, 3.8) is 0 Å². The van der Waals surface area contributed by atoms with E-state index in [1.54, 1.807) is 0 Å². The van der Waals surface area contributed by atoms with Crippen molar-refractivity contribution >= 4 is 11.9 Å². The molecule has 1 amide bonds. The number of carbonyl (C=O) groups is 2. The van der Waals surface area contributed by atoms with Gasteiger partial charge in [-0.3, -0.25) is 9.59 Å². The van der Waals surface area contributed by atoms with Crippen LogP contribution in [0, 0.1) is 17.8 Å². The maximum atomic E-state index is 12.2. The Morgan fingerprint density at radius 3 is 2.26 bits per heavy atom. The van der Waals surface area contributed by atoms with Crippen molar-refractivity contribution in [2.24, 2.45) is 17.8 Å². The molecule has 0 aromatic heterocycles. The van der Waals surface area contributed by atoms with Crippen molar-refractivity contribution in [2.75, 3.05) is 0 Å². The highest BCUT2D eigenvalue weighted by atomic mass is 16.4. The molecule has 4 nitrogen and oxygen atoms in total. The van der Waals surface area contributed by atoms with Crippen LogP contribution in [0.25, 0.3) is 0 Å². The van der Waals surface area contributed by atoms with Crippen molar-refractivity contribution in [3.8, 4) is 0 Å². The molecule has 0 aliphatic heterocycles. The Morgan fingerprint density at radius 1 is 1.00 bits per heavy atom. The summed E-state index contributed by atoms with van der Waals surface area (Å²) in [4.78, 5) is 23.4. The van der Waals surface area contributed by atoms with E-state index in [4.69, 9.17) is 5.11 Å². The Morgan fingerprint density at radius 2 is 1.63 bits per heavy atom. The second-order valence-corrected chi connectivity index (χ2v) is 6.18. The van der Waals surface area contributed by atoms with E-state index in [0.29, 0.717) is 12.3 Å². The maximum Gasteiger partial charge on any atom is 0.307 e. The molecule has 0 heterocycles. The first-order valence-corrected chi connectivity index (χ1v) is 7.62. The van der Waals surface area contributed by atoms with Crippen LogP contribution >= 0.6 is 0 Å². The summed E-state index contributed by atoms with van der Waals surface area (Å²) < 4.78 is 0.